The number of carbonyl (C=O) groups is 2. The smallest absolute Gasteiger partial charge is 0.308 e. The number of nitrogens with zero attached hydrogens (tertiary/aromatic N) is 1. The average molecular weight is 273 g/mol. The normalized spacial score (nSPS) is 12.5. The molecule has 0 rings (SSSR count). The van der Waals surface area contributed by atoms with E-state index in [1.165, 1.54) is 0 Å². The highest BCUT2D eigenvalue weighted by atomic mass is 16.5. The third-order valence-corrected chi connectivity index (χ3v) is 3.34. The molecule has 1 unspecified atom stereocenters. The number of carbonyl (C=O) groups excluding carboxylic acids is 1. The van der Waals surface area contributed by atoms with Crippen LogP contribution in [-0.4, -0.2) is 48.7 Å². The van der Waals surface area contributed by atoms with Gasteiger partial charge in [-0.05, 0) is 19.3 Å². The molecular formula is C14H27NO4. The van der Waals surface area contributed by atoms with E-state index in [2.05, 4.69) is 0 Å². The summed E-state index contributed by atoms with van der Waals surface area (Å²) < 4.78 is 4.98. The first-order chi connectivity index (χ1) is 8.97. The number of methoxy groups -OCH3 is 1. The van der Waals surface area contributed by atoms with Crippen LogP contribution in [0.4, 0.5) is 0 Å². The Bertz CT molecular complexity index is 277. The summed E-state index contributed by atoms with van der Waals surface area (Å²) in [5.41, 5.74) is 0. The fourth-order valence-electron chi connectivity index (χ4n) is 2.00. The van der Waals surface area contributed by atoms with Gasteiger partial charge in [-0.25, -0.2) is 0 Å². The van der Waals surface area contributed by atoms with Gasteiger partial charge in [0.05, 0.1) is 5.92 Å². The largest absolute Gasteiger partial charge is 0.481 e. The molecule has 1 N–H and O–H groups in total. The second kappa shape index (κ2) is 9.78. The van der Waals surface area contributed by atoms with Gasteiger partial charge in [-0.1, -0.05) is 20.8 Å². The van der Waals surface area contributed by atoms with Crippen molar-refractivity contribution in [1.82, 2.24) is 4.90 Å². The number of rotatable bonds is 10. The lowest BCUT2D eigenvalue weighted by atomic mass is 10.0. The first-order valence-electron chi connectivity index (χ1n) is 6.98. The van der Waals surface area contributed by atoms with Gasteiger partial charge in [-0.2, -0.15) is 0 Å². The number of carboxylic acids is 1. The molecule has 0 aliphatic heterocycles. The van der Waals surface area contributed by atoms with Crippen LogP contribution in [0.2, 0.25) is 0 Å². The van der Waals surface area contributed by atoms with Crippen LogP contribution in [0.5, 0.6) is 0 Å². The molecule has 19 heavy (non-hydrogen) atoms. The molecular weight excluding hydrogens is 246 g/mol. The van der Waals surface area contributed by atoms with Crippen molar-refractivity contribution in [2.75, 3.05) is 26.8 Å². The van der Waals surface area contributed by atoms with Crippen molar-refractivity contribution in [2.24, 2.45) is 11.8 Å². The molecule has 0 saturated heterocycles. The number of hydrogen-bond acceptors (Lipinski definition) is 3. The molecule has 0 aromatic rings. The van der Waals surface area contributed by atoms with Crippen LogP contribution in [0.1, 0.15) is 40.0 Å². The Kier molecular flexibility index (Phi) is 9.21. The molecule has 112 valence electrons. The highest BCUT2D eigenvalue weighted by Gasteiger charge is 2.24. The molecule has 0 aliphatic carbocycles. The predicted octanol–water partition coefficient (Wildman–Crippen LogP) is 2.01. The fraction of sp³-hybridized carbons (Fsp3) is 0.857. The SMILES string of the molecule is CCC(CC)C(=O)N(CCCOC)CC(C)C(=O)O. The predicted molar refractivity (Wildman–Crippen MR) is 73.9 cm³/mol. The summed E-state index contributed by atoms with van der Waals surface area (Å²) in [5.74, 6) is -1.35. The van der Waals surface area contributed by atoms with Crippen molar-refractivity contribution in [3.8, 4) is 0 Å². The quantitative estimate of drug-likeness (QED) is 0.618. The van der Waals surface area contributed by atoms with E-state index < -0.39 is 11.9 Å². The first-order valence-corrected chi connectivity index (χ1v) is 6.98. The molecule has 0 bridgehead atoms. The van der Waals surface area contributed by atoms with Crippen molar-refractivity contribution in [3.05, 3.63) is 0 Å². The van der Waals surface area contributed by atoms with E-state index in [4.69, 9.17) is 9.84 Å². The summed E-state index contributed by atoms with van der Waals surface area (Å²) in [5, 5.41) is 8.97. The van der Waals surface area contributed by atoms with E-state index in [1.807, 2.05) is 13.8 Å². The Morgan fingerprint density at radius 1 is 1.26 bits per heavy atom. The fourth-order valence-corrected chi connectivity index (χ4v) is 2.00. The topological polar surface area (TPSA) is 66.8 Å². The zero-order valence-corrected chi connectivity index (χ0v) is 12.5. The summed E-state index contributed by atoms with van der Waals surface area (Å²) in [6.45, 7) is 7.01. The van der Waals surface area contributed by atoms with Gasteiger partial charge < -0.3 is 14.7 Å². The van der Waals surface area contributed by atoms with Gasteiger partial charge in [-0.3, -0.25) is 9.59 Å². The van der Waals surface area contributed by atoms with Crippen LogP contribution in [0.15, 0.2) is 0 Å². The minimum Gasteiger partial charge on any atom is -0.481 e. The zero-order chi connectivity index (χ0) is 14.8. The van der Waals surface area contributed by atoms with Gasteiger partial charge in [-0.15, -0.1) is 0 Å². The molecule has 0 spiro atoms. The standard InChI is InChI=1S/C14H27NO4/c1-5-12(6-2)13(16)15(8-7-9-19-4)10-11(3)14(17)18/h11-12H,5-10H2,1-4H3,(H,17,18). The Hall–Kier alpha value is -1.10. The van der Waals surface area contributed by atoms with E-state index in [0.29, 0.717) is 13.2 Å². The summed E-state index contributed by atoms with van der Waals surface area (Å²) in [6, 6.07) is 0. The van der Waals surface area contributed by atoms with E-state index >= 15 is 0 Å². The molecule has 1 atom stereocenters. The molecule has 0 fully saturated rings. The number of carboxylic acid groups (broad SMARTS) is 1. The lowest BCUT2D eigenvalue weighted by Gasteiger charge is -2.28. The highest BCUT2D eigenvalue weighted by Crippen LogP contribution is 2.14. The Balaban J connectivity index is 4.63. The summed E-state index contributed by atoms with van der Waals surface area (Å²) in [4.78, 5) is 25.0. The van der Waals surface area contributed by atoms with Crippen LogP contribution in [-0.2, 0) is 14.3 Å². The number of amides is 1. The number of ether oxygens (including phenoxy) is 1. The van der Waals surface area contributed by atoms with Gasteiger partial charge in [0.1, 0.15) is 0 Å². The molecule has 0 heterocycles. The van der Waals surface area contributed by atoms with Gasteiger partial charge in [0.15, 0.2) is 0 Å². The van der Waals surface area contributed by atoms with E-state index in [1.54, 1.807) is 18.9 Å². The van der Waals surface area contributed by atoms with Crippen LogP contribution in [0.3, 0.4) is 0 Å². The van der Waals surface area contributed by atoms with Gasteiger partial charge >= 0.3 is 5.97 Å². The zero-order valence-electron chi connectivity index (χ0n) is 12.5. The molecule has 5 heteroatoms. The monoisotopic (exact) mass is 273 g/mol. The van der Waals surface area contributed by atoms with Crippen molar-refractivity contribution in [1.29, 1.82) is 0 Å². The van der Waals surface area contributed by atoms with Crippen LogP contribution < -0.4 is 0 Å². The molecule has 0 aromatic carbocycles. The maximum absolute atomic E-state index is 12.3. The van der Waals surface area contributed by atoms with E-state index in [0.717, 1.165) is 19.3 Å². The molecule has 0 radical (unpaired) electrons. The third-order valence-electron chi connectivity index (χ3n) is 3.34. The van der Waals surface area contributed by atoms with Crippen LogP contribution in [0, 0.1) is 11.8 Å². The average Bonchev–Trinajstić information content (AvgIpc) is 2.38. The Morgan fingerprint density at radius 2 is 1.84 bits per heavy atom. The van der Waals surface area contributed by atoms with E-state index in [9.17, 15) is 9.59 Å². The first kappa shape index (κ1) is 17.9. The third kappa shape index (κ3) is 6.57. The summed E-state index contributed by atoms with van der Waals surface area (Å²) in [6.07, 6.45) is 2.31. The van der Waals surface area contributed by atoms with Crippen molar-refractivity contribution in [2.45, 2.75) is 40.0 Å². The Labute approximate surface area is 115 Å². The summed E-state index contributed by atoms with van der Waals surface area (Å²) in [7, 11) is 1.62. The van der Waals surface area contributed by atoms with Crippen molar-refractivity contribution >= 4 is 11.9 Å². The molecule has 1 amide bonds. The second-order valence-corrected chi connectivity index (χ2v) is 4.88. The maximum Gasteiger partial charge on any atom is 0.308 e. The lowest BCUT2D eigenvalue weighted by Crippen LogP contribution is -2.41. The highest BCUT2D eigenvalue weighted by molar-refractivity contribution is 5.79. The van der Waals surface area contributed by atoms with Crippen LogP contribution in [0.25, 0.3) is 0 Å². The van der Waals surface area contributed by atoms with Crippen molar-refractivity contribution < 1.29 is 19.4 Å². The number of hydrogen-bond donors (Lipinski definition) is 1. The van der Waals surface area contributed by atoms with Crippen molar-refractivity contribution in [3.63, 3.8) is 0 Å². The van der Waals surface area contributed by atoms with E-state index in [-0.39, 0.29) is 18.4 Å². The van der Waals surface area contributed by atoms with Crippen LogP contribution >= 0.6 is 0 Å². The minimum atomic E-state index is -0.867. The van der Waals surface area contributed by atoms with Gasteiger partial charge in [0, 0.05) is 32.7 Å². The number of aliphatic carboxylic acids is 1. The molecule has 0 aromatic heterocycles. The second-order valence-electron chi connectivity index (χ2n) is 4.88. The lowest BCUT2D eigenvalue weighted by molar-refractivity contribution is -0.144. The maximum atomic E-state index is 12.3. The molecule has 0 aliphatic rings. The summed E-state index contributed by atoms with van der Waals surface area (Å²) >= 11 is 0. The van der Waals surface area contributed by atoms with Gasteiger partial charge in [0.25, 0.3) is 0 Å². The molecule has 0 saturated carbocycles. The molecule has 5 nitrogen and oxygen atoms in total. The Morgan fingerprint density at radius 3 is 2.26 bits per heavy atom. The van der Waals surface area contributed by atoms with Gasteiger partial charge in [0.2, 0.25) is 5.91 Å². The minimum absolute atomic E-state index is 0.0106.